The first-order chi connectivity index (χ1) is 12.2. The number of carbonyl (C=O) groups excluding carboxylic acids is 1. The van der Waals surface area contributed by atoms with E-state index in [4.69, 9.17) is 9.26 Å². The Labute approximate surface area is 148 Å². The largest absolute Gasteiger partial charge is 0.485 e. The van der Waals surface area contributed by atoms with Gasteiger partial charge in [-0.15, -0.1) is 0 Å². The van der Waals surface area contributed by atoms with Crippen molar-refractivity contribution in [3.63, 3.8) is 0 Å². The van der Waals surface area contributed by atoms with E-state index in [-0.39, 0.29) is 12.5 Å². The maximum atomic E-state index is 12.4. The van der Waals surface area contributed by atoms with E-state index in [1.807, 2.05) is 0 Å². The second kappa shape index (κ2) is 8.65. The fourth-order valence-corrected chi connectivity index (χ4v) is 3.12. The van der Waals surface area contributed by atoms with Gasteiger partial charge in [0, 0.05) is 18.5 Å². The van der Waals surface area contributed by atoms with Gasteiger partial charge in [0.15, 0.2) is 6.61 Å². The summed E-state index contributed by atoms with van der Waals surface area (Å²) in [6, 6.07) is 7.45. The zero-order chi connectivity index (χ0) is 17.5. The topological polar surface area (TPSA) is 77.2 Å². The minimum Gasteiger partial charge on any atom is -0.485 e. The van der Waals surface area contributed by atoms with Gasteiger partial charge in [-0.05, 0) is 37.1 Å². The Morgan fingerprint density at radius 3 is 2.48 bits per heavy atom. The van der Waals surface area contributed by atoms with Gasteiger partial charge in [-0.2, -0.15) is 4.98 Å². The third kappa shape index (κ3) is 5.31. The number of aryl methyl sites for hydroxylation is 1. The molecule has 1 heterocycles. The summed E-state index contributed by atoms with van der Waals surface area (Å²) in [4.78, 5) is 16.5. The number of hydrogen-bond donors (Lipinski definition) is 1. The Bertz CT molecular complexity index is 673. The number of ether oxygens (including phenoxy) is 1. The lowest BCUT2D eigenvalue weighted by atomic mass is 9.96. The number of benzene rings is 1. The first-order valence-electron chi connectivity index (χ1n) is 9.03. The number of nitrogens with zero attached hydrogens (tertiary/aromatic N) is 2. The highest BCUT2D eigenvalue weighted by Crippen LogP contribution is 2.18. The van der Waals surface area contributed by atoms with E-state index < -0.39 is 0 Å². The van der Waals surface area contributed by atoms with Crippen LogP contribution in [0.15, 0.2) is 28.8 Å². The van der Waals surface area contributed by atoms with E-state index in [0.29, 0.717) is 29.1 Å². The molecule has 0 saturated heterocycles. The van der Waals surface area contributed by atoms with E-state index in [1.54, 1.807) is 31.2 Å². The molecule has 2 aromatic rings. The Morgan fingerprint density at radius 1 is 1.16 bits per heavy atom. The van der Waals surface area contributed by atoms with Crippen LogP contribution in [0.5, 0.6) is 5.75 Å². The first kappa shape index (κ1) is 17.5. The summed E-state index contributed by atoms with van der Waals surface area (Å²) < 4.78 is 10.5. The van der Waals surface area contributed by atoms with E-state index in [2.05, 4.69) is 15.5 Å². The van der Waals surface area contributed by atoms with Crippen molar-refractivity contribution in [2.75, 3.05) is 0 Å². The summed E-state index contributed by atoms with van der Waals surface area (Å²) in [6.07, 6.45) is 8.44. The van der Waals surface area contributed by atoms with Crippen molar-refractivity contribution in [2.45, 2.75) is 64.5 Å². The number of hydrogen-bond acceptors (Lipinski definition) is 5. The molecule has 6 nitrogen and oxygen atoms in total. The van der Waals surface area contributed by atoms with Gasteiger partial charge < -0.3 is 14.6 Å². The molecular weight excluding hydrogens is 318 g/mol. The number of rotatable bonds is 5. The molecule has 134 valence electrons. The van der Waals surface area contributed by atoms with Crippen LogP contribution in [-0.4, -0.2) is 22.1 Å². The van der Waals surface area contributed by atoms with Gasteiger partial charge >= 0.3 is 0 Å². The van der Waals surface area contributed by atoms with Gasteiger partial charge in [-0.3, -0.25) is 4.79 Å². The average molecular weight is 343 g/mol. The normalized spacial score (nSPS) is 16.0. The Kier molecular flexibility index (Phi) is 6.04. The lowest BCUT2D eigenvalue weighted by molar-refractivity contribution is 0.0930. The number of nitrogens with one attached hydrogen (secondary N) is 1. The third-order valence-corrected chi connectivity index (χ3v) is 4.49. The van der Waals surface area contributed by atoms with Gasteiger partial charge in [0.1, 0.15) is 5.75 Å². The van der Waals surface area contributed by atoms with Crippen LogP contribution in [0.2, 0.25) is 0 Å². The van der Waals surface area contributed by atoms with Crippen LogP contribution in [0.3, 0.4) is 0 Å². The Hall–Kier alpha value is -2.37. The van der Waals surface area contributed by atoms with Crippen molar-refractivity contribution in [3.05, 3.63) is 41.5 Å². The lowest BCUT2D eigenvalue weighted by Crippen LogP contribution is -2.35. The summed E-state index contributed by atoms with van der Waals surface area (Å²) >= 11 is 0. The first-order valence-corrected chi connectivity index (χ1v) is 9.03. The molecule has 0 aliphatic heterocycles. The van der Waals surface area contributed by atoms with Gasteiger partial charge in [0.25, 0.3) is 5.91 Å². The molecule has 1 amide bonds. The van der Waals surface area contributed by atoms with E-state index in [9.17, 15) is 4.79 Å². The Morgan fingerprint density at radius 2 is 1.84 bits per heavy atom. The van der Waals surface area contributed by atoms with Crippen LogP contribution in [0.4, 0.5) is 0 Å². The average Bonchev–Trinajstić information content (AvgIpc) is 3.01. The number of aromatic nitrogens is 2. The van der Waals surface area contributed by atoms with E-state index in [0.717, 1.165) is 12.8 Å². The molecule has 3 rings (SSSR count). The van der Waals surface area contributed by atoms with E-state index >= 15 is 0 Å². The monoisotopic (exact) mass is 343 g/mol. The summed E-state index contributed by atoms with van der Waals surface area (Å²) in [5.41, 5.74) is 0.657. The molecule has 1 saturated carbocycles. The molecular formula is C19H25N3O3. The fourth-order valence-electron chi connectivity index (χ4n) is 3.12. The maximum Gasteiger partial charge on any atom is 0.251 e. The van der Waals surface area contributed by atoms with Crippen molar-refractivity contribution >= 4 is 5.91 Å². The molecule has 0 unspecified atom stereocenters. The van der Waals surface area contributed by atoms with Gasteiger partial charge in [0.05, 0.1) is 0 Å². The quantitative estimate of drug-likeness (QED) is 0.893. The molecule has 25 heavy (non-hydrogen) atoms. The van der Waals surface area contributed by atoms with Crippen molar-refractivity contribution < 1.29 is 14.1 Å². The van der Waals surface area contributed by atoms with Crippen LogP contribution < -0.4 is 10.1 Å². The molecule has 1 fully saturated rings. The Balaban J connectivity index is 1.51. The second-order valence-corrected chi connectivity index (χ2v) is 6.56. The SMILES string of the molecule is Cc1nc(COc2ccc(C(=O)NC3CCCCCCC3)cc2)no1. The lowest BCUT2D eigenvalue weighted by Gasteiger charge is -2.21. The molecule has 0 atom stereocenters. The predicted octanol–water partition coefficient (Wildman–Crippen LogP) is 3.80. The number of carbonyl (C=O) groups is 1. The van der Waals surface area contributed by atoms with Crippen molar-refractivity contribution in [3.8, 4) is 5.75 Å². The summed E-state index contributed by atoms with van der Waals surface area (Å²) in [5.74, 6) is 1.68. The zero-order valence-electron chi connectivity index (χ0n) is 14.7. The van der Waals surface area contributed by atoms with Gasteiger partial charge in [-0.1, -0.05) is 37.3 Å². The highest BCUT2D eigenvalue weighted by molar-refractivity contribution is 5.94. The van der Waals surface area contributed by atoms with Gasteiger partial charge in [-0.25, -0.2) is 0 Å². The van der Waals surface area contributed by atoms with Crippen LogP contribution in [0, 0.1) is 6.92 Å². The van der Waals surface area contributed by atoms with Crippen LogP contribution in [0.1, 0.15) is 67.0 Å². The summed E-state index contributed by atoms with van der Waals surface area (Å²) in [6.45, 7) is 1.98. The van der Waals surface area contributed by atoms with E-state index in [1.165, 1.54) is 32.1 Å². The van der Waals surface area contributed by atoms with Crippen LogP contribution in [-0.2, 0) is 6.61 Å². The smallest absolute Gasteiger partial charge is 0.251 e. The minimum atomic E-state index is -0.00841. The highest BCUT2D eigenvalue weighted by atomic mass is 16.5. The van der Waals surface area contributed by atoms with Crippen molar-refractivity contribution in [1.82, 2.24) is 15.5 Å². The van der Waals surface area contributed by atoms with Crippen molar-refractivity contribution in [1.29, 1.82) is 0 Å². The maximum absolute atomic E-state index is 12.4. The minimum absolute atomic E-state index is 0.00841. The second-order valence-electron chi connectivity index (χ2n) is 6.56. The molecule has 0 radical (unpaired) electrons. The summed E-state index contributed by atoms with van der Waals surface area (Å²) in [5, 5.41) is 6.95. The molecule has 1 aromatic carbocycles. The molecule has 0 bridgehead atoms. The van der Waals surface area contributed by atoms with Crippen molar-refractivity contribution in [2.24, 2.45) is 0 Å². The van der Waals surface area contributed by atoms with Crippen LogP contribution in [0.25, 0.3) is 0 Å². The molecule has 1 N–H and O–H groups in total. The number of amides is 1. The van der Waals surface area contributed by atoms with Gasteiger partial charge in [0.2, 0.25) is 11.7 Å². The highest BCUT2D eigenvalue weighted by Gasteiger charge is 2.15. The predicted molar refractivity (Wildman–Crippen MR) is 93.4 cm³/mol. The third-order valence-electron chi connectivity index (χ3n) is 4.49. The molecule has 0 spiro atoms. The van der Waals surface area contributed by atoms with Crippen LogP contribution >= 0.6 is 0 Å². The summed E-state index contributed by atoms with van der Waals surface area (Å²) in [7, 11) is 0. The fraction of sp³-hybridized carbons (Fsp3) is 0.526. The molecule has 6 heteroatoms. The molecule has 1 aromatic heterocycles. The zero-order valence-corrected chi connectivity index (χ0v) is 14.7. The standard InChI is InChI=1S/C19H25N3O3/c1-14-20-18(22-25-14)13-24-17-11-9-15(10-12-17)19(23)21-16-7-5-3-2-4-6-8-16/h9-12,16H,2-8,13H2,1H3,(H,21,23). The molecule has 1 aliphatic carbocycles. The molecule has 1 aliphatic rings.